The molecule has 17 heavy (non-hydrogen) atoms. The van der Waals surface area contributed by atoms with Gasteiger partial charge in [0, 0.05) is 6.04 Å². The molecule has 6 nitrogen and oxygen atoms in total. The highest BCUT2D eigenvalue weighted by Gasteiger charge is 2.54. The van der Waals surface area contributed by atoms with Gasteiger partial charge in [-0.15, -0.1) is 0 Å². The quantitative estimate of drug-likeness (QED) is 0.739. The second-order valence-electron chi connectivity index (χ2n) is 5.02. The van der Waals surface area contributed by atoms with Crippen molar-refractivity contribution in [3.05, 3.63) is 12.7 Å². The summed E-state index contributed by atoms with van der Waals surface area (Å²) >= 11 is 0. The van der Waals surface area contributed by atoms with E-state index in [-0.39, 0.29) is 6.10 Å². The first-order chi connectivity index (χ1) is 8.25. The number of aliphatic hydroxyl groups excluding tert-OH is 1. The summed E-state index contributed by atoms with van der Waals surface area (Å²) in [5, 5.41) is 9.84. The van der Waals surface area contributed by atoms with Crippen molar-refractivity contribution in [3.8, 4) is 0 Å². The van der Waals surface area contributed by atoms with E-state index in [1.165, 1.54) is 6.33 Å². The third-order valence-corrected chi connectivity index (χ3v) is 4.11. The number of fused-ring (bicyclic) bond motifs is 2. The summed E-state index contributed by atoms with van der Waals surface area (Å²) in [6.07, 6.45) is 4.98. The first-order valence-electron chi connectivity index (χ1n) is 5.87. The van der Waals surface area contributed by atoms with Crippen LogP contribution in [0.4, 0.5) is 5.82 Å². The number of rotatable bonds is 1. The van der Waals surface area contributed by atoms with E-state index in [4.69, 9.17) is 5.73 Å². The van der Waals surface area contributed by atoms with Crippen molar-refractivity contribution in [1.82, 2.24) is 19.5 Å². The highest BCUT2D eigenvalue weighted by atomic mass is 16.3. The van der Waals surface area contributed by atoms with Crippen LogP contribution in [0.2, 0.25) is 0 Å². The summed E-state index contributed by atoms with van der Waals surface area (Å²) in [5.41, 5.74) is 7.20. The van der Waals surface area contributed by atoms with Crippen molar-refractivity contribution in [2.45, 2.75) is 25.0 Å². The first-order valence-corrected chi connectivity index (χ1v) is 5.87. The van der Waals surface area contributed by atoms with Crippen molar-refractivity contribution >= 4 is 17.0 Å². The molecule has 0 aliphatic heterocycles. The number of nitrogens with zero attached hydrogens (tertiary/aromatic N) is 4. The van der Waals surface area contributed by atoms with Gasteiger partial charge >= 0.3 is 0 Å². The van der Waals surface area contributed by atoms with Gasteiger partial charge in [-0.2, -0.15) is 0 Å². The maximum atomic E-state index is 9.84. The molecule has 2 saturated carbocycles. The zero-order valence-electron chi connectivity index (χ0n) is 9.19. The average Bonchev–Trinajstić information content (AvgIpc) is 2.89. The largest absolute Gasteiger partial charge is 0.393 e. The minimum atomic E-state index is -0.165. The molecule has 6 heteroatoms. The SMILES string of the molecule is Nc1ncnc2c1ncn2[C@H]1C[C@H](O)[C@H]2C[C@H]21. The molecule has 2 aliphatic carbocycles. The summed E-state index contributed by atoms with van der Waals surface area (Å²) in [6.45, 7) is 0. The van der Waals surface area contributed by atoms with Gasteiger partial charge in [-0.25, -0.2) is 15.0 Å². The van der Waals surface area contributed by atoms with Gasteiger partial charge in [-0.1, -0.05) is 0 Å². The lowest BCUT2D eigenvalue weighted by Crippen LogP contribution is -2.12. The first kappa shape index (κ1) is 9.35. The highest BCUT2D eigenvalue weighted by molar-refractivity contribution is 5.81. The molecule has 2 fully saturated rings. The van der Waals surface area contributed by atoms with Crippen LogP contribution in [0.1, 0.15) is 18.9 Å². The van der Waals surface area contributed by atoms with Crippen LogP contribution in [0.15, 0.2) is 12.7 Å². The Balaban J connectivity index is 1.84. The topological polar surface area (TPSA) is 89.9 Å². The lowest BCUT2D eigenvalue weighted by molar-refractivity contribution is 0.152. The van der Waals surface area contributed by atoms with E-state index >= 15 is 0 Å². The number of aliphatic hydroxyl groups is 1. The standard InChI is InChI=1S/C11H13N5O/c12-10-9-11(14-3-13-10)16(4-15-9)7-2-8(17)6-1-5(6)7/h3-8,17H,1-2H2,(H2,12,13,14)/t5-,6+,7+,8+/m1/s1. The maximum absolute atomic E-state index is 9.84. The van der Waals surface area contributed by atoms with Crippen LogP contribution in [0.5, 0.6) is 0 Å². The van der Waals surface area contributed by atoms with Gasteiger partial charge in [0.25, 0.3) is 0 Å². The number of anilines is 1. The fourth-order valence-corrected chi connectivity index (χ4v) is 3.15. The molecule has 4 rings (SSSR count). The van der Waals surface area contributed by atoms with Crippen LogP contribution in [-0.2, 0) is 0 Å². The predicted molar refractivity (Wildman–Crippen MR) is 61.0 cm³/mol. The third-order valence-electron chi connectivity index (χ3n) is 4.11. The molecule has 2 aromatic rings. The summed E-state index contributed by atoms with van der Waals surface area (Å²) in [5.74, 6) is 1.48. The lowest BCUT2D eigenvalue weighted by Gasteiger charge is -2.15. The molecule has 0 spiro atoms. The molecule has 88 valence electrons. The van der Waals surface area contributed by atoms with E-state index in [9.17, 15) is 5.11 Å². The van der Waals surface area contributed by atoms with Crippen LogP contribution >= 0.6 is 0 Å². The lowest BCUT2D eigenvalue weighted by atomic mass is 10.1. The number of hydrogen-bond donors (Lipinski definition) is 2. The van der Waals surface area contributed by atoms with Gasteiger partial charge in [0.15, 0.2) is 11.5 Å². The maximum Gasteiger partial charge on any atom is 0.165 e. The van der Waals surface area contributed by atoms with Crippen molar-refractivity contribution in [2.24, 2.45) is 11.8 Å². The van der Waals surface area contributed by atoms with Crippen LogP contribution in [0.3, 0.4) is 0 Å². The Morgan fingerprint density at radius 1 is 1.24 bits per heavy atom. The van der Waals surface area contributed by atoms with Gasteiger partial charge < -0.3 is 15.4 Å². The van der Waals surface area contributed by atoms with Crippen molar-refractivity contribution in [1.29, 1.82) is 0 Å². The van der Waals surface area contributed by atoms with Gasteiger partial charge in [0.2, 0.25) is 0 Å². The normalized spacial score (nSPS) is 35.1. The second-order valence-corrected chi connectivity index (χ2v) is 5.02. The Labute approximate surface area is 97.5 Å². The van der Waals surface area contributed by atoms with Gasteiger partial charge in [0.05, 0.1) is 12.4 Å². The number of nitrogen functional groups attached to an aromatic ring is 1. The molecule has 0 amide bonds. The molecule has 2 aromatic heterocycles. The summed E-state index contributed by atoms with van der Waals surface area (Å²) < 4.78 is 2.05. The monoisotopic (exact) mass is 231 g/mol. The van der Waals surface area contributed by atoms with Crippen LogP contribution in [0, 0.1) is 11.8 Å². The summed E-state index contributed by atoms with van der Waals surface area (Å²) in [4.78, 5) is 12.5. The molecule has 3 N–H and O–H groups in total. The molecule has 0 bridgehead atoms. The second kappa shape index (κ2) is 2.95. The van der Waals surface area contributed by atoms with E-state index in [0.29, 0.717) is 29.2 Å². The Kier molecular flexibility index (Phi) is 1.62. The molecule has 4 atom stereocenters. The minimum Gasteiger partial charge on any atom is -0.393 e. The number of aromatic nitrogens is 4. The summed E-state index contributed by atoms with van der Waals surface area (Å²) in [6, 6.07) is 0.314. The summed E-state index contributed by atoms with van der Waals surface area (Å²) in [7, 11) is 0. The zero-order chi connectivity index (χ0) is 11.6. The molecule has 0 unspecified atom stereocenters. The molecule has 0 saturated heterocycles. The van der Waals surface area contributed by atoms with Crippen molar-refractivity contribution < 1.29 is 5.11 Å². The number of imidazole rings is 1. The Bertz CT molecular complexity index is 595. The molecule has 0 radical (unpaired) electrons. The van der Waals surface area contributed by atoms with E-state index in [1.807, 2.05) is 4.57 Å². The fourth-order valence-electron chi connectivity index (χ4n) is 3.15. The van der Waals surface area contributed by atoms with Crippen molar-refractivity contribution in [3.63, 3.8) is 0 Å². The van der Waals surface area contributed by atoms with E-state index in [2.05, 4.69) is 15.0 Å². The molecule has 0 aromatic carbocycles. The molecule has 2 heterocycles. The van der Waals surface area contributed by atoms with Crippen LogP contribution in [-0.4, -0.2) is 30.7 Å². The highest BCUT2D eigenvalue weighted by Crippen LogP contribution is 2.57. The zero-order valence-corrected chi connectivity index (χ0v) is 9.19. The Hall–Kier alpha value is -1.69. The minimum absolute atomic E-state index is 0.165. The number of hydrogen-bond acceptors (Lipinski definition) is 5. The Morgan fingerprint density at radius 2 is 2.12 bits per heavy atom. The third kappa shape index (κ3) is 1.16. The molecular formula is C11H13N5O. The Morgan fingerprint density at radius 3 is 2.82 bits per heavy atom. The van der Waals surface area contributed by atoms with Crippen LogP contribution < -0.4 is 5.73 Å². The van der Waals surface area contributed by atoms with Crippen molar-refractivity contribution in [2.75, 3.05) is 5.73 Å². The van der Waals surface area contributed by atoms with E-state index in [0.717, 1.165) is 18.5 Å². The number of nitrogens with two attached hydrogens (primary N) is 1. The fraction of sp³-hybridized carbons (Fsp3) is 0.545. The smallest absolute Gasteiger partial charge is 0.165 e. The predicted octanol–water partition coefficient (Wildman–Crippen LogP) is 0.350. The van der Waals surface area contributed by atoms with E-state index < -0.39 is 0 Å². The average molecular weight is 231 g/mol. The van der Waals surface area contributed by atoms with Crippen LogP contribution in [0.25, 0.3) is 11.2 Å². The van der Waals surface area contributed by atoms with E-state index in [1.54, 1.807) is 6.33 Å². The molecular weight excluding hydrogens is 218 g/mol. The molecule has 2 aliphatic rings. The van der Waals surface area contributed by atoms with Gasteiger partial charge in [-0.05, 0) is 24.7 Å². The van der Waals surface area contributed by atoms with Gasteiger partial charge in [0.1, 0.15) is 11.8 Å². The van der Waals surface area contributed by atoms with Gasteiger partial charge in [-0.3, -0.25) is 0 Å².